The lowest BCUT2D eigenvalue weighted by Gasteiger charge is -2.23. The smallest absolute Gasteiger partial charge is 0.0721 e. The van der Waals surface area contributed by atoms with Gasteiger partial charge in [-0.2, -0.15) is 0 Å². The van der Waals surface area contributed by atoms with Crippen LogP contribution in [0.5, 0.6) is 0 Å². The van der Waals surface area contributed by atoms with Gasteiger partial charge in [0.15, 0.2) is 0 Å². The Bertz CT molecular complexity index is 958. The van der Waals surface area contributed by atoms with Gasteiger partial charge in [0.05, 0.1) is 12.7 Å². The Hall–Kier alpha value is -1.68. The van der Waals surface area contributed by atoms with Gasteiger partial charge >= 0.3 is 0 Å². The molecule has 0 radical (unpaired) electrons. The number of ether oxygens (including phenoxy) is 1. The third-order valence-corrected chi connectivity index (χ3v) is 6.17. The fourth-order valence-electron chi connectivity index (χ4n) is 4.29. The molecule has 0 bridgehead atoms. The summed E-state index contributed by atoms with van der Waals surface area (Å²) in [6.07, 6.45) is 3.76. The van der Waals surface area contributed by atoms with Crippen molar-refractivity contribution in [3.05, 3.63) is 70.2 Å². The molecule has 0 spiro atoms. The minimum Gasteiger partial charge on any atom is -0.372 e. The molecule has 1 saturated heterocycles. The largest absolute Gasteiger partial charge is 0.372 e. The number of hydrogen-bond donors (Lipinski definition) is 1. The number of hydrogen-bond acceptors (Lipinski definition) is 2. The zero-order valence-electron chi connectivity index (χ0n) is 17.4. The Morgan fingerprint density at radius 2 is 1.93 bits per heavy atom. The highest BCUT2D eigenvalue weighted by Gasteiger charge is 2.15. The van der Waals surface area contributed by atoms with Crippen LogP contribution in [0, 0.1) is 5.92 Å². The van der Waals surface area contributed by atoms with Crippen LogP contribution in [0.3, 0.4) is 0 Å². The van der Waals surface area contributed by atoms with Crippen molar-refractivity contribution in [1.82, 2.24) is 5.32 Å². The molecule has 152 valence electrons. The first kappa shape index (κ1) is 20.6. The van der Waals surface area contributed by atoms with Gasteiger partial charge in [-0.05, 0) is 89.0 Å². The van der Waals surface area contributed by atoms with E-state index in [9.17, 15) is 0 Å². The molecular formula is C26H30BrNO. The first-order valence-electron chi connectivity index (χ1n) is 10.7. The van der Waals surface area contributed by atoms with Crippen molar-refractivity contribution in [2.75, 3.05) is 13.1 Å². The quantitative estimate of drug-likeness (QED) is 0.447. The molecule has 3 aromatic rings. The van der Waals surface area contributed by atoms with Crippen LogP contribution in [0.1, 0.15) is 37.8 Å². The summed E-state index contributed by atoms with van der Waals surface area (Å²) >= 11 is 3.57. The van der Waals surface area contributed by atoms with E-state index in [1.165, 1.54) is 39.4 Å². The van der Waals surface area contributed by atoms with E-state index in [1.54, 1.807) is 0 Å². The molecule has 3 heteroatoms. The van der Waals surface area contributed by atoms with E-state index in [4.69, 9.17) is 4.74 Å². The Balaban J connectivity index is 1.75. The van der Waals surface area contributed by atoms with Crippen LogP contribution >= 0.6 is 15.9 Å². The van der Waals surface area contributed by atoms with Crippen molar-refractivity contribution < 1.29 is 4.74 Å². The summed E-state index contributed by atoms with van der Waals surface area (Å²) in [5, 5.41) is 6.13. The second kappa shape index (κ2) is 9.42. The van der Waals surface area contributed by atoms with Crippen molar-refractivity contribution >= 4 is 26.7 Å². The molecule has 1 aliphatic rings. The molecule has 1 atom stereocenters. The maximum atomic E-state index is 6.25. The van der Waals surface area contributed by atoms with Crippen LogP contribution in [-0.4, -0.2) is 19.2 Å². The highest BCUT2D eigenvalue weighted by Crippen LogP contribution is 2.35. The topological polar surface area (TPSA) is 21.3 Å². The molecule has 3 aromatic carbocycles. The third-order valence-electron chi connectivity index (χ3n) is 5.64. The fourth-order valence-corrected chi connectivity index (χ4v) is 4.56. The first-order valence-corrected chi connectivity index (χ1v) is 11.5. The molecule has 1 aliphatic heterocycles. The number of fused-ring (bicyclic) bond motifs is 1. The van der Waals surface area contributed by atoms with Crippen LogP contribution in [0.2, 0.25) is 0 Å². The van der Waals surface area contributed by atoms with Crippen LogP contribution < -0.4 is 5.32 Å². The van der Waals surface area contributed by atoms with Crippen LogP contribution in [0.25, 0.3) is 21.9 Å². The normalized spacial score (nSPS) is 17.2. The number of benzene rings is 3. The van der Waals surface area contributed by atoms with Gasteiger partial charge in [-0.25, -0.2) is 0 Å². The molecule has 0 saturated carbocycles. The predicted molar refractivity (Wildman–Crippen MR) is 126 cm³/mol. The lowest BCUT2D eigenvalue weighted by molar-refractivity contribution is 0.0253. The van der Waals surface area contributed by atoms with Gasteiger partial charge in [-0.1, -0.05) is 60.1 Å². The minimum absolute atomic E-state index is 0.322. The van der Waals surface area contributed by atoms with E-state index >= 15 is 0 Å². The Labute approximate surface area is 182 Å². The fraction of sp³-hybridized carbons (Fsp3) is 0.385. The summed E-state index contributed by atoms with van der Waals surface area (Å²) in [7, 11) is 0. The van der Waals surface area contributed by atoms with Gasteiger partial charge < -0.3 is 10.1 Å². The molecular weight excluding hydrogens is 422 g/mol. The monoisotopic (exact) mass is 451 g/mol. The molecule has 0 aromatic heterocycles. The molecule has 1 unspecified atom stereocenters. The summed E-state index contributed by atoms with van der Waals surface area (Å²) in [4.78, 5) is 0. The van der Waals surface area contributed by atoms with Crippen LogP contribution in [0.15, 0.2) is 59.1 Å². The highest BCUT2D eigenvalue weighted by atomic mass is 79.9. The van der Waals surface area contributed by atoms with E-state index in [1.807, 2.05) is 0 Å². The zero-order valence-corrected chi connectivity index (χ0v) is 19.0. The molecule has 0 amide bonds. The molecule has 1 heterocycles. The summed E-state index contributed by atoms with van der Waals surface area (Å²) < 4.78 is 7.36. The molecule has 29 heavy (non-hydrogen) atoms. The lowest BCUT2D eigenvalue weighted by atomic mass is 9.89. The number of piperidine rings is 1. The van der Waals surface area contributed by atoms with E-state index < -0.39 is 0 Å². The summed E-state index contributed by atoms with van der Waals surface area (Å²) in [6, 6.07) is 20.1. The van der Waals surface area contributed by atoms with Gasteiger partial charge in [0.2, 0.25) is 0 Å². The zero-order chi connectivity index (χ0) is 20.2. The van der Waals surface area contributed by atoms with Crippen molar-refractivity contribution in [2.24, 2.45) is 5.92 Å². The Morgan fingerprint density at radius 1 is 1.10 bits per heavy atom. The average Bonchev–Trinajstić information content (AvgIpc) is 2.73. The maximum Gasteiger partial charge on any atom is 0.0721 e. The molecule has 0 aliphatic carbocycles. The highest BCUT2D eigenvalue weighted by molar-refractivity contribution is 9.10. The van der Waals surface area contributed by atoms with Crippen LogP contribution in [0.4, 0.5) is 0 Å². The minimum atomic E-state index is 0.322. The molecule has 4 rings (SSSR count). The Kier molecular flexibility index (Phi) is 6.69. The summed E-state index contributed by atoms with van der Waals surface area (Å²) in [5.74, 6) is 0.625. The molecule has 1 fully saturated rings. The van der Waals surface area contributed by atoms with Crippen molar-refractivity contribution in [1.29, 1.82) is 0 Å². The third kappa shape index (κ3) is 5.09. The van der Waals surface area contributed by atoms with Gasteiger partial charge in [-0.3, -0.25) is 0 Å². The van der Waals surface area contributed by atoms with Gasteiger partial charge in [0.25, 0.3) is 0 Å². The number of rotatable bonds is 6. The predicted octanol–water partition coefficient (Wildman–Crippen LogP) is 6.74. The second-order valence-electron chi connectivity index (χ2n) is 8.54. The number of nitrogens with one attached hydrogen (secondary N) is 1. The summed E-state index contributed by atoms with van der Waals surface area (Å²) in [6.45, 7) is 7.32. The average molecular weight is 452 g/mol. The van der Waals surface area contributed by atoms with Crippen molar-refractivity contribution in [3.63, 3.8) is 0 Å². The van der Waals surface area contributed by atoms with E-state index in [0.717, 1.165) is 30.4 Å². The van der Waals surface area contributed by atoms with Gasteiger partial charge in [0, 0.05) is 11.0 Å². The first-order chi connectivity index (χ1) is 14.1. The number of halogens is 1. The maximum absolute atomic E-state index is 6.25. The molecule has 1 N–H and O–H groups in total. The van der Waals surface area contributed by atoms with Gasteiger partial charge in [-0.15, -0.1) is 0 Å². The second-order valence-corrected chi connectivity index (χ2v) is 9.46. The standard InChI is InChI=1S/C26H30BrNO/c1-18(2)13-21-5-3-6-22-14-19(17-29-24-7-4-12-28-16-24)15-25(26(21)22)20-8-10-23(27)11-9-20/h3,5-6,8-11,14-15,18,24,28H,4,7,12-13,16-17H2,1-2H3. The summed E-state index contributed by atoms with van der Waals surface area (Å²) in [5.41, 5.74) is 5.25. The Morgan fingerprint density at radius 3 is 2.66 bits per heavy atom. The molecule has 2 nitrogen and oxygen atoms in total. The van der Waals surface area contributed by atoms with E-state index in [0.29, 0.717) is 18.6 Å². The lowest BCUT2D eigenvalue weighted by Crippen LogP contribution is -2.35. The van der Waals surface area contributed by atoms with Crippen molar-refractivity contribution in [2.45, 2.75) is 45.8 Å². The van der Waals surface area contributed by atoms with Crippen molar-refractivity contribution in [3.8, 4) is 11.1 Å². The van der Waals surface area contributed by atoms with Crippen LogP contribution in [-0.2, 0) is 17.8 Å². The van der Waals surface area contributed by atoms with E-state index in [-0.39, 0.29) is 0 Å². The SMILES string of the molecule is CC(C)Cc1cccc2cc(COC3CCCNC3)cc(-c3ccc(Br)cc3)c12. The van der Waals surface area contributed by atoms with Gasteiger partial charge in [0.1, 0.15) is 0 Å². The van der Waals surface area contributed by atoms with E-state index in [2.05, 4.69) is 89.7 Å².